The number of anilines is 1. The van der Waals surface area contributed by atoms with E-state index in [9.17, 15) is 19.7 Å². The Morgan fingerprint density at radius 2 is 1.93 bits per heavy atom. The number of likely N-dealkylation sites (tertiary alicyclic amines) is 1. The van der Waals surface area contributed by atoms with Gasteiger partial charge in [-0.1, -0.05) is 30.3 Å². The first kappa shape index (κ1) is 18.1. The number of fused-ring (bicyclic) bond motifs is 2. The number of nitro groups is 1. The van der Waals surface area contributed by atoms with Crippen LogP contribution in [0.2, 0.25) is 0 Å². The summed E-state index contributed by atoms with van der Waals surface area (Å²) in [6, 6.07) is 12.5. The van der Waals surface area contributed by atoms with Crippen LogP contribution in [0.4, 0.5) is 5.69 Å². The van der Waals surface area contributed by atoms with Crippen LogP contribution in [-0.4, -0.2) is 48.4 Å². The molecular formula is C20H19N3O5. The topological polar surface area (TPSA) is 102 Å². The van der Waals surface area contributed by atoms with Gasteiger partial charge in [-0.2, -0.15) is 0 Å². The Balaban J connectivity index is 1.81. The lowest BCUT2D eigenvalue weighted by atomic mass is 9.79. The van der Waals surface area contributed by atoms with Crippen molar-refractivity contribution in [3.05, 3.63) is 75.3 Å². The minimum absolute atomic E-state index is 0.338. The summed E-state index contributed by atoms with van der Waals surface area (Å²) >= 11 is 0. The lowest BCUT2D eigenvalue weighted by Crippen LogP contribution is -2.54. The summed E-state index contributed by atoms with van der Waals surface area (Å²) in [7, 11) is 3.03. The molecule has 28 heavy (non-hydrogen) atoms. The molecule has 0 bridgehead atoms. The monoisotopic (exact) mass is 381 g/mol. The van der Waals surface area contributed by atoms with Crippen LogP contribution in [0.15, 0.2) is 48.5 Å². The molecule has 3 atom stereocenters. The van der Waals surface area contributed by atoms with Crippen molar-refractivity contribution in [2.24, 2.45) is 0 Å². The van der Waals surface area contributed by atoms with Gasteiger partial charge < -0.3 is 10.1 Å². The molecule has 8 nitrogen and oxygen atoms in total. The van der Waals surface area contributed by atoms with Crippen molar-refractivity contribution in [2.75, 3.05) is 26.0 Å². The SMILES string of the molecule is COC(=O)c1ccc([C@@H]2CN(C)[C@@]3(C(=O)Nc4ccccc43)[C@@H]2[N+](=O)[O-])cc1. The molecule has 2 heterocycles. The van der Waals surface area contributed by atoms with Crippen LogP contribution in [-0.2, 0) is 15.1 Å². The second-order valence-corrected chi connectivity index (χ2v) is 7.10. The highest BCUT2D eigenvalue weighted by Crippen LogP contribution is 2.51. The third-order valence-electron chi connectivity index (χ3n) is 5.80. The van der Waals surface area contributed by atoms with E-state index >= 15 is 0 Å². The Morgan fingerprint density at radius 1 is 1.25 bits per heavy atom. The first-order chi connectivity index (χ1) is 13.4. The molecule has 2 aliphatic heterocycles. The van der Waals surface area contributed by atoms with Gasteiger partial charge >= 0.3 is 5.97 Å². The Hall–Kier alpha value is -3.26. The Kier molecular flexibility index (Phi) is 4.15. The molecule has 1 N–H and O–H groups in total. The van der Waals surface area contributed by atoms with Crippen LogP contribution in [0, 0.1) is 10.1 Å². The van der Waals surface area contributed by atoms with Gasteiger partial charge in [0.05, 0.1) is 18.6 Å². The summed E-state index contributed by atoms with van der Waals surface area (Å²) in [6.07, 6.45) is 0. The van der Waals surface area contributed by atoms with Crippen LogP contribution in [0.5, 0.6) is 0 Å². The molecule has 144 valence electrons. The molecule has 0 aliphatic carbocycles. The molecule has 1 spiro atoms. The van der Waals surface area contributed by atoms with Crippen molar-refractivity contribution >= 4 is 17.6 Å². The molecule has 0 unspecified atom stereocenters. The summed E-state index contributed by atoms with van der Waals surface area (Å²) in [5.74, 6) is -1.36. The largest absolute Gasteiger partial charge is 0.465 e. The summed E-state index contributed by atoms with van der Waals surface area (Å²) in [5, 5.41) is 15.0. The van der Waals surface area contributed by atoms with E-state index in [0.29, 0.717) is 28.9 Å². The highest BCUT2D eigenvalue weighted by Gasteiger charge is 2.68. The Labute approximate surface area is 161 Å². The van der Waals surface area contributed by atoms with Gasteiger partial charge in [0.1, 0.15) is 0 Å². The van der Waals surface area contributed by atoms with E-state index in [-0.39, 0.29) is 10.8 Å². The van der Waals surface area contributed by atoms with Gasteiger partial charge in [0.25, 0.3) is 11.9 Å². The van der Waals surface area contributed by atoms with E-state index in [1.807, 2.05) is 0 Å². The van der Waals surface area contributed by atoms with Crippen LogP contribution in [0.1, 0.15) is 27.4 Å². The number of carbonyl (C=O) groups is 2. The lowest BCUT2D eigenvalue weighted by Gasteiger charge is -2.30. The van der Waals surface area contributed by atoms with Crippen molar-refractivity contribution in [1.82, 2.24) is 4.90 Å². The van der Waals surface area contributed by atoms with Crippen LogP contribution < -0.4 is 5.32 Å². The summed E-state index contributed by atoms with van der Waals surface area (Å²) in [5.41, 5.74) is 0.932. The second kappa shape index (κ2) is 6.42. The van der Waals surface area contributed by atoms with E-state index < -0.39 is 23.5 Å². The average Bonchev–Trinajstić information content (AvgIpc) is 3.17. The number of carbonyl (C=O) groups excluding carboxylic acids is 2. The lowest BCUT2D eigenvalue weighted by molar-refractivity contribution is -0.534. The van der Waals surface area contributed by atoms with Crippen LogP contribution in [0.25, 0.3) is 0 Å². The van der Waals surface area contributed by atoms with Gasteiger partial charge in [0, 0.05) is 22.7 Å². The molecule has 2 aromatic carbocycles. The fourth-order valence-electron chi connectivity index (χ4n) is 4.56. The van der Waals surface area contributed by atoms with Gasteiger partial charge in [0.2, 0.25) is 0 Å². The molecular weight excluding hydrogens is 362 g/mol. The highest BCUT2D eigenvalue weighted by molar-refractivity contribution is 6.06. The first-order valence-electron chi connectivity index (χ1n) is 8.85. The van der Waals surface area contributed by atoms with Gasteiger partial charge in [-0.05, 0) is 30.8 Å². The molecule has 2 aliphatic rings. The van der Waals surface area contributed by atoms with Gasteiger partial charge in [-0.3, -0.25) is 19.8 Å². The fourth-order valence-corrected chi connectivity index (χ4v) is 4.56. The van der Waals surface area contributed by atoms with Crippen molar-refractivity contribution in [3.8, 4) is 0 Å². The zero-order chi connectivity index (χ0) is 20.1. The molecule has 1 fully saturated rings. The minimum Gasteiger partial charge on any atom is -0.465 e. The molecule has 8 heteroatoms. The van der Waals surface area contributed by atoms with Gasteiger partial charge in [0.15, 0.2) is 5.54 Å². The number of hydrogen-bond acceptors (Lipinski definition) is 6. The summed E-state index contributed by atoms with van der Waals surface area (Å²) in [4.78, 5) is 38.3. The second-order valence-electron chi connectivity index (χ2n) is 7.10. The van der Waals surface area contributed by atoms with Crippen molar-refractivity contribution < 1.29 is 19.2 Å². The van der Waals surface area contributed by atoms with E-state index in [1.54, 1.807) is 60.5 Å². The standard InChI is InChI=1S/C20H19N3O5/c1-22-11-14(12-7-9-13(10-8-12)18(24)28-2)17(23(26)27)20(22)15-5-3-4-6-16(15)21-19(20)25/h3-10,14,17H,11H2,1-2H3,(H,21,25)/t14-,17+,20+/m0/s1. The van der Waals surface area contributed by atoms with E-state index in [0.717, 1.165) is 0 Å². The van der Waals surface area contributed by atoms with Gasteiger partial charge in [-0.25, -0.2) is 4.79 Å². The maximum Gasteiger partial charge on any atom is 0.337 e. The highest BCUT2D eigenvalue weighted by atomic mass is 16.6. The number of nitrogens with one attached hydrogen (secondary N) is 1. The molecule has 1 amide bonds. The van der Waals surface area contributed by atoms with E-state index in [4.69, 9.17) is 4.74 Å². The first-order valence-corrected chi connectivity index (χ1v) is 8.85. The summed E-state index contributed by atoms with van der Waals surface area (Å²) < 4.78 is 4.70. The van der Waals surface area contributed by atoms with E-state index in [1.165, 1.54) is 7.11 Å². The van der Waals surface area contributed by atoms with Crippen LogP contribution >= 0.6 is 0 Å². The number of benzene rings is 2. The fraction of sp³-hybridized carbons (Fsp3) is 0.300. The third kappa shape index (κ3) is 2.34. The smallest absolute Gasteiger partial charge is 0.337 e. The van der Waals surface area contributed by atoms with Crippen molar-refractivity contribution in [2.45, 2.75) is 17.5 Å². The number of esters is 1. The van der Waals surface area contributed by atoms with Crippen LogP contribution in [0.3, 0.4) is 0 Å². The predicted molar refractivity (Wildman–Crippen MR) is 101 cm³/mol. The average molecular weight is 381 g/mol. The molecule has 2 aromatic rings. The maximum atomic E-state index is 13.0. The summed E-state index contributed by atoms with van der Waals surface area (Å²) in [6.45, 7) is 0.338. The van der Waals surface area contributed by atoms with Crippen molar-refractivity contribution in [3.63, 3.8) is 0 Å². The Bertz CT molecular complexity index is 974. The number of ether oxygens (including phenoxy) is 1. The minimum atomic E-state index is -1.37. The number of rotatable bonds is 3. The number of nitrogens with zero attached hydrogens (tertiary/aromatic N) is 2. The maximum absolute atomic E-state index is 13.0. The number of para-hydroxylation sites is 1. The Morgan fingerprint density at radius 3 is 2.57 bits per heavy atom. The molecule has 0 aromatic heterocycles. The normalized spacial score (nSPS) is 26.1. The quantitative estimate of drug-likeness (QED) is 0.496. The number of methoxy groups -OCH3 is 1. The number of likely N-dealkylation sites (N-methyl/N-ethyl adjacent to an activating group) is 1. The third-order valence-corrected chi connectivity index (χ3v) is 5.80. The predicted octanol–water partition coefficient (Wildman–Crippen LogP) is 2.00. The molecule has 4 rings (SSSR count). The molecule has 0 radical (unpaired) electrons. The zero-order valence-corrected chi connectivity index (χ0v) is 15.4. The molecule has 0 saturated carbocycles. The van der Waals surface area contributed by atoms with E-state index in [2.05, 4.69) is 5.32 Å². The zero-order valence-electron chi connectivity index (χ0n) is 15.4. The van der Waals surface area contributed by atoms with Crippen molar-refractivity contribution in [1.29, 1.82) is 0 Å². The number of hydrogen-bond donors (Lipinski definition) is 1. The van der Waals surface area contributed by atoms with Gasteiger partial charge in [-0.15, -0.1) is 0 Å². The number of amides is 1. The molecule has 1 saturated heterocycles.